The zero-order valence-electron chi connectivity index (χ0n) is 12.7. The fourth-order valence-corrected chi connectivity index (χ4v) is 3.41. The van der Waals surface area contributed by atoms with Gasteiger partial charge in [-0.05, 0) is 50.9 Å². The number of amides is 1. The second kappa shape index (κ2) is 6.48. The maximum atomic E-state index is 12.8. The number of hydrogen-bond donors (Lipinski definition) is 1. The van der Waals surface area contributed by atoms with Crippen molar-refractivity contribution < 1.29 is 9.53 Å². The summed E-state index contributed by atoms with van der Waals surface area (Å²) in [5, 5.41) is 3.19. The van der Waals surface area contributed by atoms with Gasteiger partial charge in [-0.1, -0.05) is 18.2 Å². The second-order valence-corrected chi connectivity index (χ2v) is 5.99. The molecular weight excluding hydrogens is 264 g/mol. The van der Waals surface area contributed by atoms with Crippen LogP contribution in [0.2, 0.25) is 0 Å². The van der Waals surface area contributed by atoms with Crippen LogP contribution in [0.5, 0.6) is 5.75 Å². The van der Waals surface area contributed by atoms with E-state index in [0.29, 0.717) is 12.5 Å². The zero-order chi connectivity index (χ0) is 14.7. The van der Waals surface area contributed by atoms with Gasteiger partial charge in [0.05, 0.1) is 0 Å². The molecule has 0 bridgehead atoms. The number of likely N-dealkylation sites (tertiary alicyclic amines) is 1. The minimum Gasteiger partial charge on any atom is -0.480 e. The summed E-state index contributed by atoms with van der Waals surface area (Å²) in [6.45, 7) is 1.84. The lowest BCUT2D eigenvalue weighted by atomic mass is 9.98. The predicted octanol–water partition coefficient (Wildman–Crippen LogP) is 1.98. The number of fused-ring (bicyclic) bond motifs is 1. The molecule has 2 unspecified atom stereocenters. The van der Waals surface area contributed by atoms with Gasteiger partial charge in [0.2, 0.25) is 0 Å². The van der Waals surface area contributed by atoms with Crippen molar-refractivity contribution in [3.05, 3.63) is 29.8 Å². The molecule has 0 radical (unpaired) electrons. The number of benzene rings is 1. The maximum Gasteiger partial charge on any atom is 0.264 e. The van der Waals surface area contributed by atoms with Crippen molar-refractivity contribution in [2.45, 2.75) is 44.2 Å². The zero-order valence-corrected chi connectivity index (χ0v) is 12.7. The molecule has 0 spiro atoms. The van der Waals surface area contributed by atoms with Crippen LogP contribution in [0.25, 0.3) is 0 Å². The van der Waals surface area contributed by atoms with Gasteiger partial charge in [-0.15, -0.1) is 0 Å². The number of nitrogens with one attached hydrogen (secondary N) is 1. The van der Waals surface area contributed by atoms with Crippen molar-refractivity contribution in [2.24, 2.45) is 0 Å². The van der Waals surface area contributed by atoms with E-state index < -0.39 is 0 Å². The highest BCUT2D eigenvalue weighted by molar-refractivity contribution is 5.83. The number of piperidine rings is 1. The summed E-state index contributed by atoms with van der Waals surface area (Å²) < 4.78 is 5.87. The summed E-state index contributed by atoms with van der Waals surface area (Å²) in [4.78, 5) is 14.9. The molecule has 1 fully saturated rings. The molecule has 4 nitrogen and oxygen atoms in total. The molecule has 1 aromatic carbocycles. The van der Waals surface area contributed by atoms with Crippen LogP contribution in [0.4, 0.5) is 0 Å². The summed E-state index contributed by atoms with van der Waals surface area (Å²) in [6, 6.07) is 8.34. The van der Waals surface area contributed by atoms with Crippen LogP contribution >= 0.6 is 0 Å². The first-order valence-corrected chi connectivity index (χ1v) is 7.99. The van der Waals surface area contributed by atoms with E-state index in [4.69, 9.17) is 4.74 Å². The van der Waals surface area contributed by atoms with Gasteiger partial charge in [-0.25, -0.2) is 0 Å². The quantitative estimate of drug-likeness (QED) is 0.921. The molecule has 4 heteroatoms. The van der Waals surface area contributed by atoms with Gasteiger partial charge in [-0.3, -0.25) is 4.79 Å². The average molecular weight is 288 g/mol. The minimum atomic E-state index is -0.322. The lowest BCUT2D eigenvalue weighted by Gasteiger charge is -2.37. The normalized spacial score (nSPS) is 24.5. The average Bonchev–Trinajstić information content (AvgIpc) is 2.96. The van der Waals surface area contributed by atoms with Crippen molar-refractivity contribution in [1.29, 1.82) is 0 Å². The van der Waals surface area contributed by atoms with E-state index in [1.54, 1.807) is 0 Å². The Bertz CT molecular complexity index is 478. The fraction of sp³-hybridized carbons (Fsp3) is 0.588. The molecule has 0 aliphatic carbocycles. The van der Waals surface area contributed by atoms with Crippen molar-refractivity contribution >= 4 is 5.91 Å². The molecule has 0 saturated carbocycles. The monoisotopic (exact) mass is 288 g/mol. The molecule has 1 amide bonds. The Morgan fingerprint density at radius 1 is 1.38 bits per heavy atom. The number of carbonyl (C=O) groups is 1. The summed E-state index contributed by atoms with van der Waals surface area (Å²) in [7, 11) is 1.96. The van der Waals surface area contributed by atoms with Crippen LogP contribution in [0, 0.1) is 0 Å². The Hall–Kier alpha value is -1.55. The van der Waals surface area contributed by atoms with Crippen LogP contribution in [0.1, 0.15) is 31.2 Å². The Morgan fingerprint density at radius 3 is 3.05 bits per heavy atom. The summed E-state index contributed by atoms with van der Waals surface area (Å²) in [5.74, 6) is 1.05. The van der Waals surface area contributed by atoms with E-state index in [9.17, 15) is 4.79 Å². The lowest BCUT2D eigenvalue weighted by Crippen LogP contribution is -2.50. The fourth-order valence-electron chi connectivity index (χ4n) is 3.41. The third-order valence-electron chi connectivity index (χ3n) is 4.56. The third-order valence-corrected chi connectivity index (χ3v) is 4.56. The Morgan fingerprint density at radius 2 is 2.24 bits per heavy atom. The van der Waals surface area contributed by atoms with Gasteiger partial charge >= 0.3 is 0 Å². The lowest BCUT2D eigenvalue weighted by molar-refractivity contribution is -0.141. The Balaban J connectivity index is 1.67. The molecule has 1 saturated heterocycles. The largest absolute Gasteiger partial charge is 0.480 e. The summed E-state index contributed by atoms with van der Waals surface area (Å²) in [5.41, 5.74) is 1.15. The first kappa shape index (κ1) is 14.4. The number of hydrogen-bond acceptors (Lipinski definition) is 3. The van der Waals surface area contributed by atoms with Gasteiger partial charge in [0.15, 0.2) is 6.10 Å². The molecule has 3 rings (SSSR count). The third kappa shape index (κ3) is 3.05. The van der Waals surface area contributed by atoms with Gasteiger partial charge in [0.1, 0.15) is 5.75 Å². The highest BCUT2D eigenvalue weighted by atomic mass is 16.5. The molecule has 21 heavy (non-hydrogen) atoms. The van der Waals surface area contributed by atoms with E-state index in [0.717, 1.165) is 43.7 Å². The molecule has 114 valence electrons. The first-order valence-electron chi connectivity index (χ1n) is 7.99. The minimum absolute atomic E-state index is 0.173. The van der Waals surface area contributed by atoms with Crippen LogP contribution < -0.4 is 10.1 Å². The highest BCUT2D eigenvalue weighted by Crippen LogP contribution is 2.30. The molecule has 1 N–H and O–H groups in total. The molecule has 2 aliphatic heterocycles. The number of rotatable bonds is 4. The maximum absolute atomic E-state index is 12.8. The predicted molar refractivity (Wildman–Crippen MR) is 82.5 cm³/mol. The van der Waals surface area contributed by atoms with Crippen LogP contribution in [0.15, 0.2) is 24.3 Å². The van der Waals surface area contributed by atoms with Gasteiger partial charge in [-0.2, -0.15) is 0 Å². The standard InChI is InChI=1S/C17H24N2O2/c1-18-10-9-14-7-4-5-11-19(14)17(20)16-12-13-6-2-3-8-15(13)21-16/h2-3,6,8,14,16,18H,4-5,7,9-12H2,1H3. The van der Waals surface area contributed by atoms with Crippen molar-refractivity contribution in [3.8, 4) is 5.75 Å². The van der Waals surface area contributed by atoms with E-state index in [-0.39, 0.29) is 12.0 Å². The van der Waals surface area contributed by atoms with E-state index in [1.165, 1.54) is 6.42 Å². The molecule has 2 heterocycles. The highest BCUT2D eigenvalue weighted by Gasteiger charge is 2.35. The number of ether oxygens (including phenoxy) is 1. The van der Waals surface area contributed by atoms with Crippen molar-refractivity contribution in [1.82, 2.24) is 10.2 Å². The second-order valence-electron chi connectivity index (χ2n) is 5.99. The first-order chi connectivity index (χ1) is 10.3. The summed E-state index contributed by atoms with van der Waals surface area (Å²) >= 11 is 0. The van der Waals surface area contributed by atoms with Crippen molar-refractivity contribution in [2.75, 3.05) is 20.1 Å². The van der Waals surface area contributed by atoms with Crippen LogP contribution in [-0.2, 0) is 11.2 Å². The molecular formula is C17H24N2O2. The SMILES string of the molecule is CNCCC1CCCCN1C(=O)C1Cc2ccccc2O1. The van der Waals surface area contributed by atoms with Gasteiger partial charge < -0.3 is 15.0 Å². The van der Waals surface area contributed by atoms with Crippen molar-refractivity contribution in [3.63, 3.8) is 0 Å². The number of carbonyl (C=O) groups excluding carboxylic acids is 1. The topological polar surface area (TPSA) is 41.6 Å². The molecule has 2 atom stereocenters. The van der Waals surface area contributed by atoms with E-state index >= 15 is 0 Å². The number of para-hydroxylation sites is 1. The van der Waals surface area contributed by atoms with Crippen LogP contribution in [0.3, 0.4) is 0 Å². The molecule has 1 aromatic rings. The van der Waals surface area contributed by atoms with Crippen LogP contribution in [-0.4, -0.2) is 43.1 Å². The Kier molecular flexibility index (Phi) is 4.44. The molecule has 2 aliphatic rings. The number of nitrogens with zero attached hydrogens (tertiary/aromatic N) is 1. The Labute approximate surface area is 126 Å². The van der Waals surface area contributed by atoms with E-state index in [2.05, 4.69) is 16.3 Å². The van der Waals surface area contributed by atoms with Gasteiger partial charge in [0, 0.05) is 19.0 Å². The smallest absolute Gasteiger partial charge is 0.264 e. The summed E-state index contributed by atoms with van der Waals surface area (Å²) in [6.07, 6.45) is 4.88. The van der Waals surface area contributed by atoms with Gasteiger partial charge in [0.25, 0.3) is 5.91 Å². The molecule has 0 aromatic heterocycles. The van der Waals surface area contributed by atoms with E-state index in [1.807, 2.05) is 25.2 Å².